The first kappa shape index (κ1) is 21.7. The fourth-order valence-electron chi connectivity index (χ4n) is 4.56. The summed E-state index contributed by atoms with van der Waals surface area (Å²) in [5.74, 6) is 0.0630. The van der Waals surface area contributed by atoms with Gasteiger partial charge in [0.05, 0.1) is 16.8 Å². The molecule has 3 aromatic carbocycles. The lowest BCUT2D eigenvalue weighted by Crippen LogP contribution is -2.53. The number of piperazine rings is 1. The van der Waals surface area contributed by atoms with Gasteiger partial charge in [-0.2, -0.15) is 0 Å². The SMILES string of the molecule is Cc1ccc(N2CCN(C(=O)c3cc(-c4ccccc4)nc4ccc(Br)cc34)C[C@H]2C)cc1. The van der Waals surface area contributed by atoms with Gasteiger partial charge in [-0.3, -0.25) is 4.79 Å². The number of nitrogens with zero attached hydrogens (tertiary/aromatic N) is 3. The average molecular weight is 500 g/mol. The Hall–Kier alpha value is -3.18. The van der Waals surface area contributed by atoms with Gasteiger partial charge in [0.15, 0.2) is 0 Å². The van der Waals surface area contributed by atoms with Crippen molar-refractivity contribution >= 4 is 38.4 Å². The molecule has 5 rings (SSSR count). The van der Waals surface area contributed by atoms with E-state index in [4.69, 9.17) is 4.98 Å². The number of hydrogen-bond acceptors (Lipinski definition) is 3. The molecule has 0 unspecified atom stereocenters. The Morgan fingerprint density at radius 3 is 2.45 bits per heavy atom. The number of pyridine rings is 1. The maximum atomic E-state index is 13.8. The standard InChI is InChI=1S/C28H26BrN3O/c1-19-8-11-23(12-9-19)32-15-14-31(18-20(32)2)28(33)25-17-27(21-6-4-3-5-7-21)30-26-13-10-22(29)16-24(25)26/h3-13,16-17,20H,14-15,18H2,1-2H3/t20-/m1/s1. The van der Waals surface area contributed by atoms with Crippen molar-refractivity contribution in [1.29, 1.82) is 0 Å². The molecule has 1 amide bonds. The van der Waals surface area contributed by atoms with Gasteiger partial charge in [0, 0.05) is 46.8 Å². The Kier molecular flexibility index (Phi) is 5.90. The van der Waals surface area contributed by atoms with E-state index in [0.717, 1.165) is 33.2 Å². The van der Waals surface area contributed by atoms with E-state index in [1.165, 1.54) is 11.3 Å². The molecular formula is C28H26BrN3O. The molecule has 0 N–H and O–H groups in total. The van der Waals surface area contributed by atoms with E-state index in [0.29, 0.717) is 18.7 Å². The van der Waals surface area contributed by atoms with E-state index in [-0.39, 0.29) is 11.9 Å². The number of carbonyl (C=O) groups excluding carboxylic acids is 1. The third kappa shape index (κ3) is 4.38. The number of amides is 1. The minimum Gasteiger partial charge on any atom is -0.365 e. The Morgan fingerprint density at radius 2 is 1.73 bits per heavy atom. The van der Waals surface area contributed by atoms with Crippen LogP contribution in [0.1, 0.15) is 22.8 Å². The fourth-order valence-corrected chi connectivity index (χ4v) is 4.93. The van der Waals surface area contributed by atoms with Crippen molar-refractivity contribution < 1.29 is 4.79 Å². The summed E-state index contributed by atoms with van der Waals surface area (Å²) < 4.78 is 0.941. The lowest BCUT2D eigenvalue weighted by Gasteiger charge is -2.41. The van der Waals surface area contributed by atoms with E-state index in [1.807, 2.05) is 59.5 Å². The van der Waals surface area contributed by atoms with E-state index in [2.05, 4.69) is 58.9 Å². The van der Waals surface area contributed by atoms with Gasteiger partial charge in [-0.1, -0.05) is 64.0 Å². The second-order valence-electron chi connectivity index (χ2n) is 8.71. The van der Waals surface area contributed by atoms with Crippen LogP contribution in [0.2, 0.25) is 0 Å². The molecule has 0 radical (unpaired) electrons. The van der Waals surface area contributed by atoms with Crippen molar-refractivity contribution in [3.05, 3.63) is 94.5 Å². The first-order chi connectivity index (χ1) is 16.0. The molecule has 4 nitrogen and oxygen atoms in total. The largest absolute Gasteiger partial charge is 0.365 e. The quantitative estimate of drug-likeness (QED) is 0.330. The highest BCUT2D eigenvalue weighted by molar-refractivity contribution is 9.10. The summed E-state index contributed by atoms with van der Waals surface area (Å²) in [7, 11) is 0. The zero-order valence-electron chi connectivity index (χ0n) is 18.8. The summed E-state index contributed by atoms with van der Waals surface area (Å²) in [6, 6.07) is 26.8. The number of hydrogen-bond donors (Lipinski definition) is 0. The lowest BCUT2D eigenvalue weighted by atomic mass is 10.0. The van der Waals surface area contributed by atoms with Gasteiger partial charge < -0.3 is 9.80 Å². The molecule has 1 aliphatic rings. The zero-order valence-corrected chi connectivity index (χ0v) is 20.4. The minimum atomic E-state index is 0.0630. The lowest BCUT2D eigenvalue weighted by molar-refractivity contribution is 0.0728. The second-order valence-corrected chi connectivity index (χ2v) is 9.63. The summed E-state index contributed by atoms with van der Waals surface area (Å²) in [5.41, 5.74) is 5.83. The molecule has 33 heavy (non-hydrogen) atoms. The number of anilines is 1. The first-order valence-corrected chi connectivity index (χ1v) is 12.1. The van der Waals surface area contributed by atoms with Crippen LogP contribution in [0.5, 0.6) is 0 Å². The fraction of sp³-hybridized carbons (Fsp3) is 0.214. The zero-order chi connectivity index (χ0) is 22.9. The molecule has 1 fully saturated rings. The summed E-state index contributed by atoms with van der Waals surface area (Å²) in [6.07, 6.45) is 0. The predicted octanol–water partition coefficient (Wildman–Crippen LogP) is 6.32. The van der Waals surface area contributed by atoms with Gasteiger partial charge in [-0.25, -0.2) is 4.98 Å². The number of fused-ring (bicyclic) bond motifs is 1. The van der Waals surface area contributed by atoms with Crippen LogP contribution < -0.4 is 4.90 Å². The van der Waals surface area contributed by atoms with Crippen molar-refractivity contribution in [2.75, 3.05) is 24.5 Å². The van der Waals surface area contributed by atoms with E-state index >= 15 is 0 Å². The van der Waals surface area contributed by atoms with Gasteiger partial charge in [-0.05, 0) is 50.2 Å². The van der Waals surface area contributed by atoms with Crippen LogP contribution in [-0.4, -0.2) is 41.5 Å². The molecule has 0 spiro atoms. The molecule has 166 valence electrons. The Labute approximate surface area is 203 Å². The smallest absolute Gasteiger partial charge is 0.254 e. The summed E-state index contributed by atoms with van der Waals surface area (Å²) in [5, 5.41) is 0.877. The monoisotopic (exact) mass is 499 g/mol. The van der Waals surface area contributed by atoms with Gasteiger partial charge in [0.2, 0.25) is 0 Å². The van der Waals surface area contributed by atoms with Crippen molar-refractivity contribution in [3.63, 3.8) is 0 Å². The minimum absolute atomic E-state index is 0.0630. The van der Waals surface area contributed by atoms with E-state index < -0.39 is 0 Å². The molecule has 1 atom stereocenters. The maximum Gasteiger partial charge on any atom is 0.254 e. The van der Waals surface area contributed by atoms with E-state index in [9.17, 15) is 4.79 Å². The Balaban J connectivity index is 1.48. The van der Waals surface area contributed by atoms with Gasteiger partial charge in [-0.15, -0.1) is 0 Å². The van der Waals surface area contributed by atoms with Crippen LogP contribution in [0, 0.1) is 6.92 Å². The highest BCUT2D eigenvalue weighted by Gasteiger charge is 2.28. The second kappa shape index (κ2) is 8.99. The van der Waals surface area contributed by atoms with Crippen LogP contribution in [0.3, 0.4) is 0 Å². The molecule has 0 bridgehead atoms. The molecule has 1 aromatic heterocycles. The molecule has 1 aliphatic heterocycles. The predicted molar refractivity (Wildman–Crippen MR) is 139 cm³/mol. The molecule has 2 heterocycles. The molecule has 5 heteroatoms. The van der Waals surface area contributed by atoms with Crippen molar-refractivity contribution in [2.45, 2.75) is 19.9 Å². The van der Waals surface area contributed by atoms with Gasteiger partial charge in [0.1, 0.15) is 0 Å². The highest BCUT2D eigenvalue weighted by atomic mass is 79.9. The number of rotatable bonds is 3. The normalized spacial score (nSPS) is 16.3. The van der Waals surface area contributed by atoms with Crippen LogP contribution >= 0.6 is 15.9 Å². The molecule has 1 saturated heterocycles. The van der Waals surface area contributed by atoms with Gasteiger partial charge >= 0.3 is 0 Å². The van der Waals surface area contributed by atoms with Crippen LogP contribution in [0.25, 0.3) is 22.2 Å². The highest BCUT2D eigenvalue weighted by Crippen LogP contribution is 2.29. The van der Waals surface area contributed by atoms with Crippen molar-refractivity contribution in [3.8, 4) is 11.3 Å². The summed E-state index contributed by atoms with van der Waals surface area (Å²) in [4.78, 5) is 23.0. The number of halogens is 1. The van der Waals surface area contributed by atoms with E-state index in [1.54, 1.807) is 0 Å². The van der Waals surface area contributed by atoms with Crippen LogP contribution in [0.4, 0.5) is 5.69 Å². The number of benzene rings is 3. The molecule has 4 aromatic rings. The molecule has 0 saturated carbocycles. The third-order valence-electron chi connectivity index (χ3n) is 6.35. The third-order valence-corrected chi connectivity index (χ3v) is 6.84. The number of aromatic nitrogens is 1. The Morgan fingerprint density at radius 1 is 0.970 bits per heavy atom. The maximum absolute atomic E-state index is 13.8. The topological polar surface area (TPSA) is 36.4 Å². The molecular weight excluding hydrogens is 474 g/mol. The number of carbonyl (C=O) groups is 1. The summed E-state index contributed by atoms with van der Waals surface area (Å²) in [6.45, 7) is 6.48. The van der Waals surface area contributed by atoms with Crippen molar-refractivity contribution in [1.82, 2.24) is 9.88 Å². The Bertz CT molecular complexity index is 1300. The van der Waals surface area contributed by atoms with Gasteiger partial charge in [0.25, 0.3) is 5.91 Å². The molecule has 0 aliphatic carbocycles. The van der Waals surface area contributed by atoms with Crippen LogP contribution in [-0.2, 0) is 0 Å². The average Bonchev–Trinajstić information content (AvgIpc) is 2.84. The van der Waals surface area contributed by atoms with Crippen molar-refractivity contribution in [2.24, 2.45) is 0 Å². The first-order valence-electron chi connectivity index (χ1n) is 11.3. The number of aryl methyl sites for hydroxylation is 1. The summed E-state index contributed by atoms with van der Waals surface area (Å²) >= 11 is 3.56. The van der Waals surface area contributed by atoms with Crippen LogP contribution in [0.15, 0.2) is 83.3 Å².